The predicted octanol–water partition coefficient (Wildman–Crippen LogP) is 6.97. The molecule has 0 aromatic carbocycles. The molecule has 0 aliphatic heterocycles. The number of allylic oxidation sites excluding steroid dienone is 6. The van der Waals surface area contributed by atoms with E-state index in [-0.39, 0.29) is 0 Å². The van der Waals surface area contributed by atoms with Crippen LogP contribution in [0.2, 0.25) is 0 Å². The van der Waals surface area contributed by atoms with E-state index in [1.165, 1.54) is 10.5 Å². The van der Waals surface area contributed by atoms with Gasteiger partial charge in [0.1, 0.15) is 5.03 Å². The van der Waals surface area contributed by atoms with Gasteiger partial charge in [0.2, 0.25) is 0 Å². The summed E-state index contributed by atoms with van der Waals surface area (Å²) in [5.41, 5.74) is 4.30. The number of hydrogen-bond donors (Lipinski definition) is 0. The molecule has 0 spiro atoms. The van der Waals surface area contributed by atoms with Crippen molar-refractivity contribution in [2.24, 2.45) is 0 Å². The molecular formula is C25H25N3S. The Morgan fingerprint density at radius 2 is 1.83 bits per heavy atom. The van der Waals surface area contributed by atoms with Gasteiger partial charge in [0.15, 0.2) is 0 Å². The largest absolute Gasteiger partial charge is 0.264 e. The van der Waals surface area contributed by atoms with Crippen LogP contribution >= 0.6 is 11.8 Å². The van der Waals surface area contributed by atoms with E-state index in [9.17, 15) is 0 Å². The molecular weight excluding hydrogens is 374 g/mol. The van der Waals surface area contributed by atoms with Crippen LogP contribution in [-0.4, -0.2) is 15.0 Å². The van der Waals surface area contributed by atoms with E-state index in [2.05, 4.69) is 54.2 Å². The molecule has 0 fully saturated rings. The lowest BCUT2D eigenvalue weighted by molar-refractivity contribution is 0.960. The van der Waals surface area contributed by atoms with Crippen molar-refractivity contribution in [3.8, 4) is 11.3 Å². The van der Waals surface area contributed by atoms with Crippen LogP contribution < -0.4 is 0 Å². The summed E-state index contributed by atoms with van der Waals surface area (Å²) in [5, 5.41) is 0.975. The van der Waals surface area contributed by atoms with Gasteiger partial charge in [-0.25, -0.2) is 4.98 Å². The highest BCUT2D eigenvalue weighted by Gasteiger charge is 2.02. The van der Waals surface area contributed by atoms with Crippen molar-refractivity contribution in [2.45, 2.75) is 31.7 Å². The van der Waals surface area contributed by atoms with Gasteiger partial charge < -0.3 is 0 Å². The Kier molecular flexibility index (Phi) is 7.96. The van der Waals surface area contributed by atoms with Crippen LogP contribution in [0, 0.1) is 0 Å². The molecule has 0 N–H and O–H groups in total. The molecule has 0 saturated heterocycles. The standard InChI is InChI=1S/C25H25N3S/c1-3-4-10-21(22-12-7-16-26-18-22)11-5-9-20(2)29-25-15-6-14-24(28-25)23-13-8-17-27-19-23/h5-19H,3-4H2,1-2H3/b11-5-,20-9+,21-10-. The van der Waals surface area contributed by atoms with Crippen LogP contribution in [-0.2, 0) is 0 Å². The SMILES string of the molecule is CCC/C=C(/C=C\C=C(/C)Sc1cccc(-c2cccnc2)n1)c1cccnc1. The lowest BCUT2D eigenvalue weighted by Crippen LogP contribution is -1.86. The molecule has 0 amide bonds. The minimum atomic E-state index is 0.938. The first-order valence-electron chi connectivity index (χ1n) is 9.77. The van der Waals surface area contributed by atoms with E-state index < -0.39 is 0 Å². The van der Waals surface area contributed by atoms with E-state index in [0.717, 1.165) is 34.7 Å². The minimum absolute atomic E-state index is 0.938. The molecule has 0 bridgehead atoms. The maximum absolute atomic E-state index is 4.75. The number of hydrogen-bond acceptors (Lipinski definition) is 4. The summed E-state index contributed by atoms with van der Waals surface area (Å²) < 4.78 is 0. The van der Waals surface area contributed by atoms with Crippen molar-refractivity contribution >= 4 is 17.3 Å². The monoisotopic (exact) mass is 399 g/mol. The van der Waals surface area contributed by atoms with Crippen LogP contribution in [0.3, 0.4) is 0 Å². The van der Waals surface area contributed by atoms with Gasteiger partial charge in [0.05, 0.1) is 5.69 Å². The smallest absolute Gasteiger partial charge is 0.101 e. The lowest BCUT2D eigenvalue weighted by atomic mass is 10.1. The zero-order chi connectivity index (χ0) is 20.3. The number of pyridine rings is 3. The topological polar surface area (TPSA) is 38.7 Å². The molecule has 0 aliphatic rings. The van der Waals surface area contributed by atoms with Crippen LogP contribution in [0.1, 0.15) is 32.3 Å². The molecule has 29 heavy (non-hydrogen) atoms. The molecule has 0 atom stereocenters. The van der Waals surface area contributed by atoms with Gasteiger partial charge in [-0.15, -0.1) is 0 Å². The van der Waals surface area contributed by atoms with Gasteiger partial charge in [0.25, 0.3) is 0 Å². The molecule has 146 valence electrons. The van der Waals surface area contributed by atoms with Crippen molar-refractivity contribution in [3.05, 3.63) is 102 Å². The van der Waals surface area contributed by atoms with Crippen LogP contribution in [0.5, 0.6) is 0 Å². The highest BCUT2D eigenvalue weighted by atomic mass is 32.2. The second-order valence-electron chi connectivity index (χ2n) is 6.53. The number of rotatable bonds is 8. The van der Waals surface area contributed by atoms with E-state index >= 15 is 0 Å². The van der Waals surface area contributed by atoms with Crippen LogP contribution in [0.15, 0.2) is 101 Å². The summed E-state index contributed by atoms with van der Waals surface area (Å²) >= 11 is 1.66. The molecule has 3 aromatic heterocycles. The first-order valence-corrected chi connectivity index (χ1v) is 10.6. The highest BCUT2D eigenvalue weighted by molar-refractivity contribution is 8.03. The Balaban J connectivity index is 1.71. The van der Waals surface area contributed by atoms with Gasteiger partial charge in [-0.05, 0) is 59.7 Å². The summed E-state index contributed by atoms with van der Waals surface area (Å²) in [6.45, 7) is 4.29. The molecule has 0 saturated carbocycles. The Hall–Kier alpha value is -2.98. The number of aromatic nitrogens is 3. The van der Waals surface area contributed by atoms with Gasteiger partial charge in [0, 0.05) is 30.4 Å². The fourth-order valence-corrected chi connectivity index (χ4v) is 3.52. The van der Waals surface area contributed by atoms with Crippen LogP contribution in [0.4, 0.5) is 0 Å². The van der Waals surface area contributed by atoms with E-state index in [1.54, 1.807) is 24.2 Å². The normalized spacial score (nSPS) is 12.5. The summed E-state index contributed by atoms with van der Waals surface area (Å²) in [6.07, 6.45) is 18.1. The third kappa shape index (κ3) is 6.54. The highest BCUT2D eigenvalue weighted by Crippen LogP contribution is 2.27. The van der Waals surface area contributed by atoms with Gasteiger partial charge in [-0.2, -0.15) is 0 Å². The summed E-state index contributed by atoms with van der Waals surface area (Å²) in [6, 6.07) is 14.1. The average molecular weight is 400 g/mol. The third-order valence-electron chi connectivity index (χ3n) is 4.20. The first kappa shape index (κ1) is 20.7. The molecule has 4 heteroatoms. The fraction of sp³-hybridized carbons (Fsp3) is 0.160. The number of thioether (sulfide) groups is 1. The Labute approximate surface area is 177 Å². The average Bonchev–Trinajstić information content (AvgIpc) is 2.77. The van der Waals surface area contributed by atoms with Crippen molar-refractivity contribution in [1.29, 1.82) is 0 Å². The molecule has 3 rings (SSSR count). The minimum Gasteiger partial charge on any atom is -0.264 e. The van der Waals surface area contributed by atoms with Crippen molar-refractivity contribution in [2.75, 3.05) is 0 Å². The molecule has 3 heterocycles. The third-order valence-corrected chi connectivity index (χ3v) is 5.10. The Morgan fingerprint density at radius 1 is 1.00 bits per heavy atom. The number of unbranched alkanes of at least 4 members (excludes halogenated alkanes) is 1. The Morgan fingerprint density at radius 3 is 2.55 bits per heavy atom. The summed E-state index contributed by atoms with van der Waals surface area (Å²) in [4.78, 5) is 14.3. The zero-order valence-corrected chi connectivity index (χ0v) is 17.6. The van der Waals surface area contributed by atoms with E-state index in [0.29, 0.717) is 0 Å². The first-order chi connectivity index (χ1) is 14.3. The van der Waals surface area contributed by atoms with Gasteiger partial charge in [-0.1, -0.05) is 61.5 Å². The molecule has 0 unspecified atom stereocenters. The predicted molar refractivity (Wildman–Crippen MR) is 123 cm³/mol. The molecule has 0 radical (unpaired) electrons. The molecule has 3 nitrogen and oxygen atoms in total. The van der Waals surface area contributed by atoms with Gasteiger partial charge in [-0.3, -0.25) is 9.97 Å². The van der Waals surface area contributed by atoms with Crippen molar-refractivity contribution in [1.82, 2.24) is 15.0 Å². The number of nitrogens with zero attached hydrogens (tertiary/aromatic N) is 3. The summed E-state index contributed by atoms with van der Waals surface area (Å²) in [7, 11) is 0. The van der Waals surface area contributed by atoms with Crippen molar-refractivity contribution < 1.29 is 0 Å². The van der Waals surface area contributed by atoms with E-state index in [1.807, 2.05) is 48.8 Å². The van der Waals surface area contributed by atoms with Crippen molar-refractivity contribution in [3.63, 3.8) is 0 Å². The fourth-order valence-electron chi connectivity index (χ4n) is 2.75. The lowest BCUT2D eigenvalue weighted by Gasteiger charge is -2.04. The maximum atomic E-state index is 4.75. The quantitative estimate of drug-likeness (QED) is 0.303. The Bertz CT molecular complexity index is 993. The van der Waals surface area contributed by atoms with E-state index in [4.69, 9.17) is 4.98 Å². The zero-order valence-electron chi connectivity index (χ0n) is 16.8. The second kappa shape index (κ2) is 11.1. The maximum Gasteiger partial charge on any atom is 0.101 e. The molecule has 3 aromatic rings. The molecule has 0 aliphatic carbocycles. The van der Waals surface area contributed by atoms with Gasteiger partial charge >= 0.3 is 0 Å². The second-order valence-corrected chi connectivity index (χ2v) is 7.80. The van der Waals surface area contributed by atoms with Crippen LogP contribution in [0.25, 0.3) is 16.8 Å². The summed E-state index contributed by atoms with van der Waals surface area (Å²) in [5.74, 6) is 0.